The Morgan fingerprint density at radius 2 is 2.40 bits per heavy atom. The zero-order valence-electron chi connectivity index (χ0n) is 10.8. The Morgan fingerprint density at radius 3 is 3.10 bits per heavy atom. The maximum absolute atomic E-state index is 13.6. The maximum Gasteiger partial charge on any atom is 0.238 e. The smallest absolute Gasteiger partial charge is 0.238 e. The van der Waals surface area contributed by atoms with Gasteiger partial charge in [-0.3, -0.25) is 9.69 Å². The van der Waals surface area contributed by atoms with Crippen molar-refractivity contribution in [2.45, 2.75) is 6.04 Å². The molecule has 1 unspecified atom stereocenters. The molecule has 1 fully saturated rings. The second-order valence-electron chi connectivity index (χ2n) is 4.55. The van der Waals surface area contributed by atoms with Gasteiger partial charge in [0.1, 0.15) is 5.82 Å². The molecule has 1 aliphatic heterocycles. The summed E-state index contributed by atoms with van der Waals surface area (Å²) in [6.45, 7) is 1.53. The van der Waals surface area contributed by atoms with Crippen molar-refractivity contribution < 1.29 is 19.0 Å². The van der Waals surface area contributed by atoms with Crippen molar-refractivity contribution in [2.75, 3.05) is 38.2 Å². The van der Waals surface area contributed by atoms with Crippen molar-refractivity contribution in [1.29, 1.82) is 0 Å². The van der Waals surface area contributed by atoms with E-state index in [0.717, 1.165) is 0 Å². The minimum absolute atomic E-state index is 0.0695. The van der Waals surface area contributed by atoms with Crippen molar-refractivity contribution in [1.82, 2.24) is 4.90 Å². The van der Waals surface area contributed by atoms with Gasteiger partial charge in [0, 0.05) is 11.0 Å². The quantitative estimate of drug-likeness (QED) is 0.860. The van der Waals surface area contributed by atoms with Crippen LogP contribution in [0.5, 0.6) is 0 Å². The number of morpholine rings is 1. The number of aliphatic hydroxyl groups excluding tert-OH is 1. The van der Waals surface area contributed by atoms with Gasteiger partial charge in [-0.2, -0.15) is 0 Å². The number of rotatable bonds is 4. The largest absolute Gasteiger partial charge is 0.395 e. The zero-order valence-corrected chi connectivity index (χ0v) is 12.4. The second kappa shape index (κ2) is 7.12. The minimum atomic E-state index is -0.492. The van der Waals surface area contributed by atoms with E-state index in [-0.39, 0.29) is 30.8 Å². The Balaban J connectivity index is 1.94. The molecule has 1 saturated heterocycles. The normalized spacial score (nSPS) is 19.9. The molecule has 1 amide bonds. The average Bonchev–Trinajstić information content (AvgIpc) is 2.42. The number of anilines is 1. The number of hydrogen-bond donors (Lipinski definition) is 2. The number of carbonyl (C=O) groups excluding carboxylic acids is 1. The minimum Gasteiger partial charge on any atom is -0.395 e. The molecule has 0 aliphatic carbocycles. The van der Waals surface area contributed by atoms with Crippen molar-refractivity contribution >= 4 is 27.5 Å². The molecule has 110 valence electrons. The lowest BCUT2D eigenvalue weighted by Gasteiger charge is -2.33. The number of nitrogens with zero attached hydrogens (tertiary/aromatic N) is 1. The first kappa shape index (κ1) is 15.4. The molecule has 1 aliphatic rings. The van der Waals surface area contributed by atoms with Gasteiger partial charge in [-0.25, -0.2) is 4.39 Å². The molecule has 0 radical (unpaired) electrons. The number of nitrogens with one attached hydrogen (secondary N) is 1. The van der Waals surface area contributed by atoms with E-state index in [1.165, 1.54) is 12.1 Å². The summed E-state index contributed by atoms with van der Waals surface area (Å²) < 4.78 is 19.5. The average molecular weight is 347 g/mol. The molecule has 0 bridgehead atoms. The standard InChI is InChI=1S/C13H16BrFN2O3/c14-9-1-2-12(11(15)5-9)16-13(19)6-17-3-4-20-8-10(17)7-18/h1-2,5,10,18H,3-4,6-8H2,(H,16,19). The predicted molar refractivity (Wildman–Crippen MR) is 76.0 cm³/mol. The monoisotopic (exact) mass is 346 g/mol. The van der Waals surface area contributed by atoms with E-state index in [9.17, 15) is 14.3 Å². The summed E-state index contributed by atoms with van der Waals surface area (Å²) in [5.74, 6) is -0.806. The highest BCUT2D eigenvalue weighted by Gasteiger charge is 2.24. The number of hydrogen-bond acceptors (Lipinski definition) is 4. The second-order valence-corrected chi connectivity index (χ2v) is 5.47. The van der Waals surface area contributed by atoms with Gasteiger partial charge in [0.15, 0.2) is 0 Å². The highest BCUT2D eigenvalue weighted by molar-refractivity contribution is 9.10. The fraction of sp³-hybridized carbons (Fsp3) is 0.462. The molecule has 0 spiro atoms. The molecule has 1 aromatic carbocycles. The summed E-state index contributed by atoms with van der Waals surface area (Å²) in [7, 11) is 0. The van der Waals surface area contributed by atoms with Crippen LogP contribution in [0.3, 0.4) is 0 Å². The van der Waals surface area contributed by atoms with Crippen LogP contribution in [-0.4, -0.2) is 54.9 Å². The molecular weight excluding hydrogens is 331 g/mol. The fourth-order valence-corrected chi connectivity index (χ4v) is 2.36. The van der Waals surface area contributed by atoms with Crippen molar-refractivity contribution in [3.63, 3.8) is 0 Å². The lowest BCUT2D eigenvalue weighted by Crippen LogP contribution is -2.50. The molecule has 0 aromatic heterocycles. The molecule has 2 rings (SSSR count). The van der Waals surface area contributed by atoms with Gasteiger partial charge in [-0.1, -0.05) is 15.9 Å². The van der Waals surface area contributed by atoms with Crippen molar-refractivity contribution in [3.05, 3.63) is 28.5 Å². The summed E-state index contributed by atoms with van der Waals surface area (Å²) in [5.41, 5.74) is 0.145. The first-order chi connectivity index (χ1) is 9.60. The van der Waals surface area contributed by atoms with Gasteiger partial charge in [0.25, 0.3) is 0 Å². The molecule has 0 saturated carbocycles. The van der Waals surface area contributed by atoms with Gasteiger partial charge in [0.2, 0.25) is 5.91 Å². The molecule has 1 aromatic rings. The van der Waals surface area contributed by atoms with Crippen LogP contribution >= 0.6 is 15.9 Å². The van der Waals surface area contributed by atoms with Crippen LogP contribution in [0.1, 0.15) is 0 Å². The van der Waals surface area contributed by atoms with E-state index in [2.05, 4.69) is 21.2 Å². The van der Waals surface area contributed by atoms with Crippen LogP contribution in [0.15, 0.2) is 22.7 Å². The first-order valence-corrected chi connectivity index (χ1v) is 7.07. The summed E-state index contributed by atoms with van der Waals surface area (Å²) in [5, 5.41) is 11.8. The number of halogens is 2. The molecule has 1 atom stereocenters. The SMILES string of the molecule is O=C(CN1CCOCC1CO)Nc1ccc(Br)cc1F. The van der Waals surface area contributed by atoms with Crippen LogP contribution in [0.25, 0.3) is 0 Å². The summed E-state index contributed by atoms with van der Waals surface area (Å²) in [6, 6.07) is 4.26. The van der Waals surface area contributed by atoms with E-state index >= 15 is 0 Å². The van der Waals surface area contributed by atoms with Gasteiger partial charge in [-0.05, 0) is 18.2 Å². The van der Waals surface area contributed by atoms with Gasteiger partial charge in [-0.15, -0.1) is 0 Å². The Kier molecular flexibility index (Phi) is 5.47. The Morgan fingerprint density at radius 1 is 1.60 bits per heavy atom. The summed E-state index contributed by atoms with van der Waals surface area (Å²) in [4.78, 5) is 13.8. The lowest BCUT2D eigenvalue weighted by atomic mass is 10.2. The Hall–Kier alpha value is -1.02. The zero-order chi connectivity index (χ0) is 14.5. The number of benzene rings is 1. The number of amides is 1. The first-order valence-electron chi connectivity index (χ1n) is 6.27. The number of ether oxygens (including phenoxy) is 1. The van der Waals surface area contributed by atoms with Gasteiger partial charge >= 0.3 is 0 Å². The van der Waals surface area contributed by atoms with Crippen molar-refractivity contribution in [2.24, 2.45) is 0 Å². The molecular formula is C13H16BrFN2O3. The molecule has 7 heteroatoms. The van der Waals surface area contributed by atoms with Gasteiger partial charge in [0.05, 0.1) is 38.1 Å². The molecule has 5 nitrogen and oxygen atoms in total. The molecule has 1 heterocycles. The fourth-order valence-electron chi connectivity index (χ4n) is 2.03. The van der Waals surface area contributed by atoms with Gasteiger partial charge < -0.3 is 15.2 Å². The third-order valence-corrected chi connectivity index (χ3v) is 3.61. The highest BCUT2D eigenvalue weighted by Crippen LogP contribution is 2.19. The van der Waals surface area contributed by atoms with E-state index < -0.39 is 5.82 Å². The van der Waals surface area contributed by atoms with Crippen LogP contribution in [0.2, 0.25) is 0 Å². The number of carbonyl (C=O) groups is 1. The summed E-state index contributed by atoms with van der Waals surface area (Å²) >= 11 is 3.16. The highest BCUT2D eigenvalue weighted by atomic mass is 79.9. The molecule has 20 heavy (non-hydrogen) atoms. The Bertz CT molecular complexity index is 487. The van der Waals surface area contributed by atoms with Crippen LogP contribution < -0.4 is 5.32 Å². The van der Waals surface area contributed by atoms with E-state index in [1.807, 2.05) is 4.90 Å². The third-order valence-electron chi connectivity index (χ3n) is 3.11. The predicted octanol–water partition coefficient (Wildman–Crippen LogP) is 1.22. The summed E-state index contributed by atoms with van der Waals surface area (Å²) in [6.07, 6.45) is 0. The topological polar surface area (TPSA) is 61.8 Å². The lowest BCUT2D eigenvalue weighted by molar-refractivity contribution is -0.120. The maximum atomic E-state index is 13.6. The number of aliphatic hydroxyl groups is 1. The van der Waals surface area contributed by atoms with Crippen molar-refractivity contribution in [3.8, 4) is 0 Å². The Labute approximate surface area is 124 Å². The van der Waals surface area contributed by atoms with Crippen LogP contribution in [-0.2, 0) is 9.53 Å². The van der Waals surface area contributed by atoms with E-state index in [4.69, 9.17) is 4.74 Å². The van der Waals surface area contributed by atoms with E-state index in [1.54, 1.807) is 6.07 Å². The van der Waals surface area contributed by atoms with E-state index in [0.29, 0.717) is 24.2 Å². The molecule has 2 N–H and O–H groups in total. The van der Waals surface area contributed by atoms with Crippen LogP contribution in [0.4, 0.5) is 10.1 Å². The van der Waals surface area contributed by atoms with Crippen LogP contribution in [0, 0.1) is 5.82 Å². The third kappa shape index (κ3) is 3.99.